The molecule has 1 aromatic heterocycles. The second-order valence-corrected chi connectivity index (χ2v) is 6.08. The first-order chi connectivity index (χ1) is 11.7. The van der Waals surface area contributed by atoms with Gasteiger partial charge in [0, 0.05) is 35.8 Å². The summed E-state index contributed by atoms with van der Waals surface area (Å²) in [4.78, 5) is 18.0. The fraction of sp³-hybridized carbons (Fsp3) is 0.250. The van der Waals surface area contributed by atoms with Crippen LogP contribution in [0.2, 0.25) is 0 Å². The summed E-state index contributed by atoms with van der Waals surface area (Å²) in [7, 11) is 1.87. The molecule has 0 saturated carbocycles. The number of hydrogen-bond acceptors (Lipinski definition) is 2. The Kier molecular flexibility index (Phi) is 4.96. The molecule has 1 amide bonds. The number of nitrogens with two attached hydrogens (primary N) is 1. The minimum atomic E-state index is 0.0366. The summed E-state index contributed by atoms with van der Waals surface area (Å²) in [5, 5.41) is 0.959. The molecule has 0 aliphatic rings. The lowest BCUT2D eigenvalue weighted by Gasteiger charge is -2.28. The standard InChI is InChI=1S/C20H23N3O/c1-23(16(10-12-21)14-15-6-3-2-4-7-15)20(24)18-8-5-9-19-17(18)11-13-22-19/h2-9,11,13,16,22H,10,12,14,21H2,1H3/t16-/m1/s1. The number of fused-ring (bicyclic) bond motifs is 1. The molecule has 3 aromatic rings. The van der Waals surface area contributed by atoms with Crippen LogP contribution < -0.4 is 5.73 Å². The van der Waals surface area contributed by atoms with Crippen molar-refractivity contribution in [1.29, 1.82) is 0 Å². The summed E-state index contributed by atoms with van der Waals surface area (Å²) in [6.45, 7) is 0.559. The molecule has 0 saturated heterocycles. The smallest absolute Gasteiger partial charge is 0.254 e. The van der Waals surface area contributed by atoms with Crippen LogP contribution in [0.5, 0.6) is 0 Å². The maximum atomic E-state index is 13.0. The number of nitrogens with zero attached hydrogens (tertiary/aromatic N) is 1. The van der Waals surface area contributed by atoms with Crippen molar-refractivity contribution in [2.45, 2.75) is 18.9 Å². The number of benzene rings is 2. The molecule has 0 spiro atoms. The third kappa shape index (κ3) is 3.34. The number of aromatic amines is 1. The van der Waals surface area contributed by atoms with E-state index in [0.29, 0.717) is 6.54 Å². The molecule has 0 fully saturated rings. The molecule has 0 aliphatic heterocycles. The molecule has 24 heavy (non-hydrogen) atoms. The Morgan fingerprint density at radius 1 is 1.12 bits per heavy atom. The lowest BCUT2D eigenvalue weighted by molar-refractivity contribution is 0.0727. The van der Waals surface area contributed by atoms with Crippen LogP contribution >= 0.6 is 0 Å². The number of nitrogens with one attached hydrogen (secondary N) is 1. The molecule has 0 aliphatic carbocycles. The number of carbonyl (C=O) groups is 1. The van der Waals surface area contributed by atoms with Gasteiger partial charge >= 0.3 is 0 Å². The summed E-state index contributed by atoms with van der Waals surface area (Å²) >= 11 is 0. The molecular weight excluding hydrogens is 298 g/mol. The van der Waals surface area contributed by atoms with Gasteiger partial charge in [-0.2, -0.15) is 0 Å². The van der Waals surface area contributed by atoms with E-state index in [1.54, 1.807) is 0 Å². The molecular formula is C20H23N3O. The summed E-state index contributed by atoms with van der Waals surface area (Å²) in [5.41, 5.74) is 8.72. The Morgan fingerprint density at radius 2 is 1.92 bits per heavy atom. The zero-order chi connectivity index (χ0) is 16.9. The predicted octanol–water partition coefficient (Wildman–Crippen LogP) is 3.20. The van der Waals surface area contributed by atoms with Gasteiger partial charge in [-0.1, -0.05) is 36.4 Å². The molecule has 1 heterocycles. The number of likely N-dealkylation sites (N-methyl/N-ethyl adjacent to an activating group) is 1. The zero-order valence-corrected chi connectivity index (χ0v) is 13.9. The monoisotopic (exact) mass is 321 g/mol. The van der Waals surface area contributed by atoms with Crippen LogP contribution in [0, 0.1) is 0 Å². The van der Waals surface area contributed by atoms with Crippen LogP contribution in [0.1, 0.15) is 22.3 Å². The van der Waals surface area contributed by atoms with Crippen LogP contribution in [-0.2, 0) is 6.42 Å². The molecule has 4 heteroatoms. The van der Waals surface area contributed by atoms with Gasteiger partial charge in [0.15, 0.2) is 0 Å². The third-order valence-corrected chi connectivity index (χ3v) is 4.51. The fourth-order valence-electron chi connectivity index (χ4n) is 3.14. The van der Waals surface area contributed by atoms with Gasteiger partial charge in [0.05, 0.1) is 0 Å². The van der Waals surface area contributed by atoms with E-state index in [0.717, 1.165) is 29.3 Å². The van der Waals surface area contributed by atoms with E-state index in [-0.39, 0.29) is 11.9 Å². The minimum absolute atomic E-state index is 0.0366. The van der Waals surface area contributed by atoms with E-state index in [9.17, 15) is 4.79 Å². The molecule has 2 aromatic carbocycles. The van der Waals surface area contributed by atoms with Crippen LogP contribution in [0.25, 0.3) is 10.9 Å². The van der Waals surface area contributed by atoms with Gasteiger partial charge in [-0.25, -0.2) is 0 Å². The SMILES string of the molecule is CN(C(=O)c1cccc2[nH]ccc12)[C@H](CCN)Cc1ccccc1. The summed E-state index contributed by atoms with van der Waals surface area (Å²) in [6, 6.07) is 18.0. The maximum Gasteiger partial charge on any atom is 0.254 e. The average Bonchev–Trinajstić information content (AvgIpc) is 3.10. The van der Waals surface area contributed by atoms with E-state index < -0.39 is 0 Å². The van der Waals surface area contributed by atoms with Crippen molar-refractivity contribution in [3.8, 4) is 0 Å². The van der Waals surface area contributed by atoms with Gasteiger partial charge in [0.2, 0.25) is 0 Å². The zero-order valence-electron chi connectivity index (χ0n) is 13.9. The van der Waals surface area contributed by atoms with Gasteiger partial charge in [0.1, 0.15) is 0 Å². The van der Waals surface area contributed by atoms with E-state index in [4.69, 9.17) is 5.73 Å². The van der Waals surface area contributed by atoms with Crippen LogP contribution in [0.15, 0.2) is 60.8 Å². The molecule has 0 bridgehead atoms. The van der Waals surface area contributed by atoms with Gasteiger partial charge in [-0.15, -0.1) is 0 Å². The number of rotatable bonds is 6. The topological polar surface area (TPSA) is 62.1 Å². The van der Waals surface area contributed by atoms with Crippen molar-refractivity contribution in [2.24, 2.45) is 5.73 Å². The summed E-state index contributed by atoms with van der Waals surface area (Å²) in [5.74, 6) is 0.0366. The lowest BCUT2D eigenvalue weighted by Crippen LogP contribution is -2.39. The van der Waals surface area contributed by atoms with E-state index in [1.165, 1.54) is 5.56 Å². The number of amides is 1. The summed E-state index contributed by atoms with van der Waals surface area (Å²) in [6.07, 6.45) is 3.45. The van der Waals surface area contributed by atoms with Crippen molar-refractivity contribution >= 4 is 16.8 Å². The number of hydrogen-bond donors (Lipinski definition) is 2. The molecule has 4 nitrogen and oxygen atoms in total. The maximum absolute atomic E-state index is 13.0. The Balaban J connectivity index is 1.85. The normalized spacial score (nSPS) is 12.2. The quantitative estimate of drug-likeness (QED) is 0.732. The molecule has 0 radical (unpaired) electrons. The second kappa shape index (κ2) is 7.32. The fourth-order valence-corrected chi connectivity index (χ4v) is 3.14. The van der Waals surface area contributed by atoms with E-state index >= 15 is 0 Å². The average molecular weight is 321 g/mol. The molecule has 3 rings (SSSR count). The van der Waals surface area contributed by atoms with E-state index in [1.807, 2.05) is 60.6 Å². The molecule has 3 N–H and O–H groups in total. The highest BCUT2D eigenvalue weighted by Crippen LogP contribution is 2.21. The number of H-pyrrole nitrogens is 1. The van der Waals surface area contributed by atoms with Crippen molar-refractivity contribution in [1.82, 2.24) is 9.88 Å². The minimum Gasteiger partial charge on any atom is -0.361 e. The first-order valence-corrected chi connectivity index (χ1v) is 8.28. The predicted molar refractivity (Wildman–Crippen MR) is 98.0 cm³/mol. The van der Waals surface area contributed by atoms with Gasteiger partial charge in [-0.05, 0) is 43.1 Å². The van der Waals surface area contributed by atoms with Crippen molar-refractivity contribution in [3.05, 3.63) is 71.9 Å². The first kappa shape index (κ1) is 16.3. The van der Waals surface area contributed by atoms with Crippen LogP contribution in [0.4, 0.5) is 0 Å². The molecule has 124 valence electrons. The molecule has 0 unspecified atom stereocenters. The highest BCUT2D eigenvalue weighted by molar-refractivity contribution is 6.06. The number of aromatic nitrogens is 1. The Hall–Kier alpha value is -2.59. The van der Waals surface area contributed by atoms with Crippen molar-refractivity contribution in [3.63, 3.8) is 0 Å². The molecule has 1 atom stereocenters. The van der Waals surface area contributed by atoms with Gasteiger partial charge in [-0.3, -0.25) is 4.79 Å². The number of carbonyl (C=O) groups excluding carboxylic acids is 1. The lowest BCUT2D eigenvalue weighted by atomic mass is 10.0. The van der Waals surface area contributed by atoms with Crippen LogP contribution in [0.3, 0.4) is 0 Å². The first-order valence-electron chi connectivity index (χ1n) is 8.28. The van der Waals surface area contributed by atoms with Crippen molar-refractivity contribution in [2.75, 3.05) is 13.6 Å². The van der Waals surface area contributed by atoms with E-state index in [2.05, 4.69) is 17.1 Å². The Morgan fingerprint density at radius 3 is 2.67 bits per heavy atom. The van der Waals surface area contributed by atoms with Crippen molar-refractivity contribution < 1.29 is 4.79 Å². The third-order valence-electron chi connectivity index (χ3n) is 4.51. The largest absolute Gasteiger partial charge is 0.361 e. The van der Waals surface area contributed by atoms with Gasteiger partial charge < -0.3 is 15.6 Å². The van der Waals surface area contributed by atoms with Crippen LogP contribution in [-0.4, -0.2) is 35.4 Å². The van der Waals surface area contributed by atoms with Gasteiger partial charge in [0.25, 0.3) is 5.91 Å². The highest BCUT2D eigenvalue weighted by Gasteiger charge is 2.22. The highest BCUT2D eigenvalue weighted by atomic mass is 16.2. The second-order valence-electron chi connectivity index (χ2n) is 6.08. The Bertz CT molecular complexity index is 810. The summed E-state index contributed by atoms with van der Waals surface area (Å²) < 4.78 is 0. The Labute approximate surface area is 142 Å².